The lowest BCUT2D eigenvalue weighted by atomic mass is 10.1. The second-order valence-corrected chi connectivity index (χ2v) is 9.99. The Morgan fingerprint density at radius 3 is 2.81 bits per heavy atom. The normalized spacial score (nSPS) is 14.8. The van der Waals surface area contributed by atoms with Crippen molar-refractivity contribution in [2.45, 2.75) is 49.6 Å². The summed E-state index contributed by atoms with van der Waals surface area (Å²) in [5.74, 6) is 1.79. The van der Waals surface area contributed by atoms with Crippen molar-refractivity contribution in [2.75, 3.05) is 0 Å². The first-order valence-electron chi connectivity index (χ1n) is 10.2. The van der Waals surface area contributed by atoms with E-state index in [4.69, 9.17) is 9.51 Å². The molecule has 158 valence electrons. The Hall–Kier alpha value is -2.71. The van der Waals surface area contributed by atoms with Gasteiger partial charge in [-0.2, -0.15) is 4.98 Å². The average Bonchev–Trinajstić information content (AvgIpc) is 3.33. The van der Waals surface area contributed by atoms with Gasteiger partial charge in [0.2, 0.25) is 5.89 Å². The van der Waals surface area contributed by atoms with Crippen molar-refractivity contribution >= 4 is 33.3 Å². The summed E-state index contributed by atoms with van der Waals surface area (Å²) in [4.78, 5) is 23.6. The quantitative estimate of drug-likeness (QED) is 0.203. The summed E-state index contributed by atoms with van der Waals surface area (Å²) < 4.78 is 7.15. The second kappa shape index (κ2) is 8.09. The molecule has 1 aliphatic rings. The van der Waals surface area contributed by atoms with Gasteiger partial charge in [0, 0.05) is 23.4 Å². The van der Waals surface area contributed by atoms with Crippen LogP contribution < -0.4 is 5.56 Å². The van der Waals surface area contributed by atoms with Gasteiger partial charge in [0.25, 0.3) is 5.56 Å². The van der Waals surface area contributed by atoms with Crippen LogP contribution >= 0.6 is 23.1 Å². The molecule has 1 unspecified atom stereocenters. The number of benzene rings is 1. The molecule has 0 amide bonds. The number of thiophene rings is 1. The molecule has 8 heteroatoms. The van der Waals surface area contributed by atoms with Gasteiger partial charge in [-0.25, -0.2) is 4.98 Å². The summed E-state index contributed by atoms with van der Waals surface area (Å²) in [5.41, 5.74) is 3.07. The maximum atomic E-state index is 13.5. The zero-order valence-electron chi connectivity index (χ0n) is 17.4. The van der Waals surface area contributed by atoms with E-state index < -0.39 is 0 Å². The minimum Gasteiger partial charge on any atom is -0.338 e. The number of hydrogen-bond donors (Lipinski definition) is 0. The number of allylic oxidation sites excluding steroid dienone is 1. The summed E-state index contributed by atoms with van der Waals surface area (Å²) in [6, 6.07) is 8.21. The highest BCUT2D eigenvalue weighted by Crippen LogP contribution is 2.40. The molecule has 3 aromatic heterocycles. The Labute approximate surface area is 188 Å². The van der Waals surface area contributed by atoms with Crippen molar-refractivity contribution < 1.29 is 4.52 Å². The summed E-state index contributed by atoms with van der Waals surface area (Å²) in [6.07, 6.45) is 3.97. The fourth-order valence-electron chi connectivity index (χ4n) is 3.46. The number of fused-ring (bicyclic) bond motifs is 1. The number of hydrogen-bond acceptors (Lipinski definition) is 7. The van der Waals surface area contributed by atoms with Gasteiger partial charge in [-0.05, 0) is 32.3 Å². The molecule has 0 aliphatic heterocycles. The first-order chi connectivity index (χ1) is 15.0. The summed E-state index contributed by atoms with van der Waals surface area (Å²) in [6.45, 7) is 8.26. The third-order valence-corrected chi connectivity index (χ3v) is 7.31. The minimum atomic E-state index is -0.114. The van der Waals surface area contributed by atoms with Crippen LogP contribution in [0.1, 0.15) is 48.2 Å². The van der Waals surface area contributed by atoms with Crippen molar-refractivity contribution in [3.8, 4) is 11.1 Å². The van der Waals surface area contributed by atoms with E-state index in [9.17, 15) is 4.79 Å². The van der Waals surface area contributed by atoms with Gasteiger partial charge in [-0.1, -0.05) is 52.8 Å². The predicted octanol–water partition coefficient (Wildman–Crippen LogP) is 5.73. The lowest BCUT2D eigenvalue weighted by Gasteiger charge is -2.13. The molecule has 31 heavy (non-hydrogen) atoms. The highest BCUT2D eigenvalue weighted by molar-refractivity contribution is 7.99. The monoisotopic (exact) mass is 450 g/mol. The lowest BCUT2D eigenvalue weighted by Crippen LogP contribution is -2.22. The van der Waals surface area contributed by atoms with Crippen LogP contribution in [0.4, 0.5) is 0 Å². The molecule has 0 radical (unpaired) electrons. The number of thioether (sulfide) groups is 1. The number of aryl methyl sites for hydroxylation is 1. The third kappa shape index (κ3) is 3.85. The molecule has 0 bridgehead atoms. The molecule has 0 saturated heterocycles. The van der Waals surface area contributed by atoms with Crippen LogP contribution in [0.3, 0.4) is 0 Å². The van der Waals surface area contributed by atoms with E-state index in [1.807, 2.05) is 24.4 Å². The van der Waals surface area contributed by atoms with E-state index in [2.05, 4.69) is 35.8 Å². The van der Waals surface area contributed by atoms with Crippen LogP contribution in [0.25, 0.3) is 21.3 Å². The maximum absolute atomic E-state index is 13.5. The lowest BCUT2D eigenvalue weighted by molar-refractivity contribution is 0.374. The molecule has 4 aromatic rings. The summed E-state index contributed by atoms with van der Waals surface area (Å²) >= 11 is 2.95. The van der Waals surface area contributed by atoms with E-state index >= 15 is 0 Å². The Morgan fingerprint density at radius 1 is 1.32 bits per heavy atom. The molecule has 1 aromatic carbocycles. The molecule has 0 N–H and O–H groups in total. The molecule has 1 saturated carbocycles. The van der Waals surface area contributed by atoms with Crippen molar-refractivity contribution in [2.24, 2.45) is 0 Å². The molecule has 1 aliphatic carbocycles. The van der Waals surface area contributed by atoms with Gasteiger partial charge in [0.05, 0.1) is 10.6 Å². The van der Waals surface area contributed by atoms with E-state index in [0.29, 0.717) is 28.9 Å². The average molecular weight is 451 g/mol. The highest BCUT2D eigenvalue weighted by atomic mass is 32.2. The fourth-order valence-corrected chi connectivity index (χ4v) is 5.40. The van der Waals surface area contributed by atoms with E-state index in [-0.39, 0.29) is 10.8 Å². The van der Waals surface area contributed by atoms with Crippen LogP contribution in [0.2, 0.25) is 0 Å². The van der Waals surface area contributed by atoms with Crippen molar-refractivity contribution in [3.05, 3.63) is 69.9 Å². The van der Waals surface area contributed by atoms with Crippen molar-refractivity contribution in [1.29, 1.82) is 0 Å². The first kappa shape index (κ1) is 20.2. The molecule has 1 fully saturated rings. The van der Waals surface area contributed by atoms with Crippen LogP contribution in [0.5, 0.6) is 0 Å². The maximum Gasteiger partial charge on any atom is 0.263 e. The Morgan fingerprint density at radius 2 is 2.10 bits per heavy atom. The fraction of sp³-hybridized carbons (Fsp3) is 0.304. The van der Waals surface area contributed by atoms with Gasteiger partial charge < -0.3 is 4.52 Å². The van der Waals surface area contributed by atoms with Gasteiger partial charge in [0.1, 0.15) is 4.83 Å². The van der Waals surface area contributed by atoms with Crippen molar-refractivity contribution in [3.63, 3.8) is 0 Å². The van der Waals surface area contributed by atoms with E-state index in [0.717, 1.165) is 34.6 Å². The molecular formula is C23H22N4O2S2. The smallest absolute Gasteiger partial charge is 0.263 e. The van der Waals surface area contributed by atoms with Gasteiger partial charge >= 0.3 is 0 Å². The van der Waals surface area contributed by atoms with Gasteiger partial charge in [-0.15, -0.1) is 17.9 Å². The molecular weight excluding hydrogens is 428 g/mol. The standard InChI is InChI=1S/C23H22N4O2S2/c1-4-11-27-22(28)18-17(15-7-5-13(2)6-8-15)12-30-21(18)25-23(27)31-14(3)20-24-19(26-29-20)16-9-10-16/h4-8,12,14,16H,1,9-11H2,2-3H3. The van der Waals surface area contributed by atoms with Crippen molar-refractivity contribution in [1.82, 2.24) is 19.7 Å². The molecule has 5 rings (SSSR count). The van der Waals surface area contributed by atoms with Crippen LogP contribution in [-0.2, 0) is 6.54 Å². The Balaban J connectivity index is 1.54. The molecule has 0 spiro atoms. The van der Waals surface area contributed by atoms with Crippen LogP contribution in [0.15, 0.2) is 56.8 Å². The third-order valence-electron chi connectivity index (χ3n) is 5.36. The zero-order valence-corrected chi connectivity index (χ0v) is 19.0. The van der Waals surface area contributed by atoms with E-state index in [1.54, 1.807) is 10.6 Å². The summed E-state index contributed by atoms with van der Waals surface area (Å²) in [5, 5.41) is 7.29. The minimum absolute atomic E-state index is 0.0550. The predicted molar refractivity (Wildman–Crippen MR) is 125 cm³/mol. The second-order valence-electron chi connectivity index (χ2n) is 7.82. The number of aromatic nitrogens is 4. The molecule has 6 nitrogen and oxygen atoms in total. The van der Waals surface area contributed by atoms with Crippen LogP contribution in [0, 0.1) is 6.92 Å². The Kier molecular flexibility index (Phi) is 5.27. The molecule has 1 atom stereocenters. The number of nitrogens with zero attached hydrogens (tertiary/aromatic N) is 4. The Bertz CT molecular complexity index is 1320. The molecule has 3 heterocycles. The highest BCUT2D eigenvalue weighted by Gasteiger charge is 2.30. The van der Waals surface area contributed by atoms with E-state index in [1.165, 1.54) is 28.7 Å². The van der Waals surface area contributed by atoms with Crippen LogP contribution in [-0.4, -0.2) is 19.7 Å². The SMILES string of the molecule is C=CCn1c(SC(C)c2nc(C3CC3)no2)nc2scc(-c3ccc(C)cc3)c2c1=O. The number of rotatable bonds is 7. The van der Waals surface area contributed by atoms with Gasteiger partial charge in [-0.3, -0.25) is 9.36 Å². The first-order valence-corrected chi connectivity index (χ1v) is 12.0. The summed E-state index contributed by atoms with van der Waals surface area (Å²) in [7, 11) is 0. The zero-order chi connectivity index (χ0) is 21.5. The van der Waals surface area contributed by atoms with Gasteiger partial charge in [0.15, 0.2) is 11.0 Å². The topological polar surface area (TPSA) is 73.8 Å². The largest absolute Gasteiger partial charge is 0.338 e.